The molecule has 29 heavy (non-hydrogen) atoms. The van der Waals surface area contributed by atoms with Gasteiger partial charge in [0.1, 0.15) is 11.4 Å². The van der Waals surface area contributed by atoms with Gasteiger partial charge in [0.15, 0.2) is 0 Å². The summed E-state index contributed by atoms with van der Waals surface area (Å²) in [6.07, 6.45) is 0.0333. The minimum atomic E-state index is -4.42. The molecule has 0 saturated carbocycles. The van der Waals surface area contributed by atoms with Crippen LogP contribution in [0.15, 0.2) is 23.5 Å². The van der Waals surface area contributed by atoms with E-state index in [1.54, 1.807) is 14.0 Å². The number of nitrogens with one attached hydrogen (secondary N) is 1. The van der Waals surface area contributed by atoms with E-state index in [4.69, 9.17) is 0 Å². The lowest BCUT2D eigenvalue weighted by Gasteiger charge is -2.31. The number of halogens is 3. The predicted molar refractivity (Wildman–Crippen MR) is 96.3 cm³/mol. The van der Waals surface area contributed by atoms with Crippen molar-refractivity contribution in [1.29, 1.82) is 0 Å². The van der Waals surface area contributed by atoms with Crippen LogP contribution in [0.3, 0.4) is 0 Å². The fraction of sp³-hybridized carbons (Fsp3) is 0.562. The number of piperidine rings is 1. The average molecular weight is 434 g/mol. The van der Waals surface area contributed by atoms with Crippen LogP contribution in [0.4, 0.5) is 18.9 Å². The van der Waals surface area contributed by atoms with E-state index in [0.29, 0.717) is 23.2 Å². The number of rotatable bonds is 5. The van der Waals surface area contributed by atoms with Crippen LogP contribution in [-0.2, 0) is 28.4 Å². The first-order valence-corrected chi connectivity index (χ1v) is 10.3. The zero-order chi connectivity index (χ0) is 21.4. The van der Waals surface area contributed by atoms with Crippen molar-refractivity contribution in [2.75, 3.05) is 18.4 Å². The van der Waals surface area contributed by atoms with Crippen LogP contribution in [0, 0.1) is 12.8 Å². The van der Waals surface area contributed by atoms with Gasteiger partial charge >= 0.3 is 6.18 Å². The maximum Gasteiger partial charge on any atom is 0.408 e. The van der Waals surface area contributed by atoms with E-state index in [2.05, 4.69) is 15.5 Å². The van der Waals surface area contributed by atoms with Gasteiger partial charge in [-0.15, -0.1) is 0 Å². The van der Waals surface area contributed by atoms with Crippen LogP contribution in [-0.4, -0.2) is 57.5 Å². The van der Waals surface area contributed by atoms with E-state index >= 15 is 0 Å². The largest absolute Gasteiger partial charge is 0.408 e. The molecule has 2 aromatic rings. The molecule has 1 saturated heterocycles. The summed E-state index contributed by atoms with van der Waals surface area (Å²) in [5.74, 6) is -1.08. The molecule has 0 spiro atoms. The first-order valence-electron chi connectivity index (χ1n) is 8.86. The molecule has 160 valence electrons. The van der Waals surface area contributed by atoms with Gasteiger partial charge in [-0.2, -0.15) is 27.7 Å². The molecule has 1 amide bonds. The highest BCUT2D eigenvalue weighted by atomic mass is 32.2. The maximum atomic E-state index is 12.9. The number of hydrogen-bond acceptors (Lipinski definition) is 5. The van der Waals surface area contributed by atoms with E-state index in [9.17, 15) is 26.4 Å². The van der Waals surface area contributed by atoms with Crippen molar-refractivity contribution in [3.63, 3.8) is 0 Å². The molecule has 0 aromatic carbocycles. The molecule has 13 heteroatoms. The van der Waals surface area contributed by atoms with E-state index < -0.39 is 34.6 Å². The number of aromatic nitrogens is 4. The smallest absolute Gasteiger partial charge is 0.323 e. The molecule has 0 aliphatic carbocycles. The van der Waals surface area contributed by atoms with Crippen molar-refractivity contribution in [1.82, 2.24) is 23.9 Å². The SMILES string of the molecule is Cc1c(S(=O)(=O)N2CCCC(C(=O)Nc3cnn(CC(F)(F)F)c3)C2)cnn1C. The number of anilines is 1. The summed E-state index contributed by atoms with van der Waals surface area (Å²) in [7, 11) is -2.16. The molecular weight excluding hydrogens is 413 g/mol. The number of carbonyl (C=O) groups is 1. The Bertz CT molecular complexity index is 998. The molecule has 1 aliphatic rings. The molecule has 3 heterocycles. The maximum absolute atomic E-state index is 12.9. The average Bonchev–Trinajstić information content (AvgIpc) is 3.20. The normalized spacial score (nSPS) is 18.7. The third kappa shape index (κ3) is 4.78. The van der Waals surface area contributed by atoms with E-state index in [-0.39, 0.29) is 23.7 Å². The van der Waals surface area contributed by atoms with Crippen molar-refractivity contribution in [2.24, 2.45) is 13.0 Å². The lowest BCUT2D eigenvalue weighted by Crippen LogP contribution is -2.43. The molecule has 1 atom stereocenters. The van der Waals surface area contributed by atoms with Gasteiger partial charge < -0.3 is 5.32 Å². The van der Waals surface area contributed by atoms with Crippen LogP contribution >= 0.6 is 0 Å². The third-order valence-electron chi connectivity index (χ3n) is 4.80. The van der Waals surface area contributed by atoms with Gasteiger partial charge in [0.05, 0.1) is 29.7 Å². The Morgan fingerprint density at radius 2 is 2.03 bits per heavy atom. The van der Waals surface area contributed by atoms with Crippen molar-refractivity contribution in [3.05, 3.63) is 24.3 Å². The van der Waals surface area contributed by atoms with Gasteiger partial charge in [0, 0.05) is 26.3 Å². The van der Waals surface area contributed by atoms with E-state index in [0.717, 1.165) is 12.4 Å². The standard InChI is InChI=1S/C16H21F3N6O3S/c1-11-14(7-20-23(11)2)29(27,28)25-5-3-4-12(8-25)15(26)22-13-6-21-24(9-13)10-16(17,18)19/h6-7,9,12H,3-5,8,10H2,1-2H3,(H,22,26). The molecule has 1 fully saturated rings. The second-order valence-corrected chi connectivity index (χ2v) is 8.86. The third-order valence-corrected chi connectivity index (χ3v) is 6.77. The Morgan fingerprint density at radius 3 is 2.66 bits per heavy atom. The highest BCUT2D eigenvalue weighted by molar-refractivity contribution is 7.89. The number of alkyl halides is 3. The summed E-state index contributed by atoms with van der Waals surface area (Å²) in [4.78, 5) is 12.6. The molecule has 2 aromatic heterocycles. The molecule has 1 N–H and O–H groups in total. The Balaban J connectivity index is 1.67. The predicted octanol–water partition coefficient (Wildman–Crippen LogP) is 1.53. The zero-order valence-corrected chi connectivity index (χ0v) is 16.7. The fourth-order valence-electron chi connectivity index (χ4n) is 3.19. The fourth-order valence-corrected chi connectivity index (χ4v) is 4.90. The zero-order valence-electron chi connectivity index (χ0n) is 15.8. The Labute approximate surface area is 165 Å². The molecule has 1 aliphatic heterocycles. The summed E-state index contributed by atoms with van der Waals surface area (Å²) < 4.78 is 66.4. The number of carbonyl (C=O) groups excluding carboxylic acids is 1. The Kier molecular flexibility index (Phi) is 5.72. The van der Waals surface area contributed by atoms with Gasteiger partial charge in [-0.25, -0.2) is 8.42 Å². The van der Waals surface area contributed by atoms with Crippen molar-refractivity contribution < 1.29 is 26.4 Å². The number of sulfonamides is 1. The lowest BCUT2D eigenvalue weighted by atomic mass is 9.99. The van der Waals surface area contributed by atoms with Crippen LogP contribution in [0.2, 0.25) is 0 Å². The van der Waals surface area contributed by atoms with Crippen molar-refractivity contribution >= 4 is 21.6 Å². The summed E-state index contributed by atoms with van der Waals surface area (Å²) in [6.45, 7) is 0.651. The van der Waals surface area contributed by atoms with Gasteiger partial charge in [0.25, 0.3) is 0 Å². The highest BCUT2D eigenvalue weighted by Gasteiger charge is 2.35. The Hall–Kier alpha value is -2.41. The molecule has 1 unspecified atom stereocenters. The van der Waals surface area contributed by atoms with Crippen LogP contribution < -0.4 is 5.32 Å². The van der Waals surface area contributed by atoms with Crippen molar-refractivity contribution in [3.8, 4) is 0 Å². The highest BCUT2D eigenvalue weighted by Crippen LogP contribution is 2.26. The monoisotopic (exact) mass is 434 g/mol. The van der Waals surface area contributed by atoms with Crippen molar-refractivity contribution in [2.45, 2.75) is 37.4 Å². The second-order valence-electron chi connectivity index (χ2n) is 6.95. The number of nitrogens with zero attached hydrogens (tertiary/aromatic N) is 5. The number of amides is 1. The molecule has 9 nitrogen and oxygen atoms in total. The Morgan fingerprint density at radius 1 is 1.31 bits per heavy atom. The lowest BCUT2D eigenvalue weighted by molar-refractivity contribution is -0.142. The number of hydrogen-bond donors (Lipinski definition) is 1. The van der Waals surface area contributed by atoms with Crippen LogP contribution in [0.25, 0.3) is 0 Å². The first kappa shape index (κ1) is 21.3. The van der Waals surface area contributed by atoms with Crippen LogP contribution in [0.5, 0.6) is 0 Å². The van der Waals surface area contributed by atoms with Gasteiger partial charge in [-0.1, -0.05) is 0 Å². The molecule has 0 radical (unpaired) electrons. The molecular formula is C16H21F3N6O3S. The minimum Gasteiger partial charge on any atom is -0.323 e. The van der Waals surface area contributed by atoms with Gasteiger partial charge in [-0.3, -0.25) is 14.2 Å². The van der Waals surface area contributed by atoms with Gasteiger partial charge in [-0.05, 0) is 19.8 Å². The number of aryl methyl sites for hydroxylation is 1. The van der Waals surface area contributed by atoms with E-state index in [1.165, 1.54) is 15.2 Å². The van der Waals surface area contributed by atoms with Crippen LogP contribution in [0.1, 0.15) is 18.5 Å². The summed E-state index contributed by atoms with van der Waals surface area (Å²) >= 11 is 0. The summed E-state index contributed by atoms with van der Waals surface area (Å²) in [5, 5.41) is 10.0. The van der Waals surface area contributed by atoms with E-state index in [1.807, 2.05) is 0 Å². The first-order chi connectivity index (χ1) is 13.5. The minimum absolute atomic E-state index is 0.0147. The molecule has 3 rings (SSSR count). The van der Waals surface area contributed by atoms with Gasteiger partial charge in [0.2, 0.25) is 15.9 Å². The summed E-state index contributed by atoms with van der Waals surface area (Å²) in [5.41, 5.74) is 0.621. The second kappa shape index (κ2) is 7.78. The summed E-state index contributed by atoms with van der Waals surface area (Å²) in [6, 6.07) is 0. The topological polar surface area (TPSA) is 102 Å². The quantitative estimate of drug-likeness (QED) is 0.769. The molecule has 0 bridgehead atoms.